The molecular weight excluding hydrogens is 280 g/mol. The lowest BCUT2D eigenvalue weighted by Gasteiger charge is -2.20. The van der Waals surface area contributed by atoms with E-state index in [9.17, 15) is 4.79 Å². The minimum atomic E-state index is -0.0298. The van der Waals surface area contributed by atoms with Crippen LogP contribution in [0.3, 0.4) is 0 Å². The molecule has 1 heterocycles. The number of halogens is 1. The van der Waals surface area contributed by atoms with E-state index in [1.165, 1.54) is 0 Å². The summed E-state index contributed by atoms with van der Waals surface area (Å²) < 4.78 is 0. The Bertz CT molecular complexity index is 569. The first-order valence-corrected chi connectivity index (χ1v) is 7.24. The third-order valence-electron chi connectivity index (χ3n) is 2.84. The average Bonchev–Trinajstić information content (AvgIpc) is 2.91. The van der Waals surface area contributed by atoms with Crippen LogP contribution in [0.4, 0.5) is 5.69 Å². The van der Waals surface area contributed by atoms with Gasteiger partial charge in [-0.3, -0.25) is 4.79 Å². The number of nitrogen functional groups attached to an aromatic ring is 1. The molecule has 0 bridgehead atoms. The van der Waals surface area contributed by atoms with Gasteiger partial charge < -0.3 is 10.6 Å². The van der Waals surface area contributed by atoms with Gasteiger partial charge in [-0.2, -0.15) is 0 Å². The molecule has 0 aliphatic heterocycles. The Morgan fingerprint density at radius 3 is 2.79 bits per heavy atom. The largest absolute Gasteiger partial charge is 0.398 e. The fourth-order valence-electron chi connectivity index (χ4n) is 1.76. The van der Waals surface area contributed by atoms with E-state index in [-0.39, 0.29) is 5.91 Å². The molecule has 0 atom stereocenters. The second-order valence-electron chi connectivity index (χ2n) is 4.13. The fourth-order valence-corrected chi connectivity index (χ4v) is 2.66. The van der Waals surface area contributed by atoms with Crippen LogP contribution in [0.15, 0.2) is 35.7 Å². The van der Waals surface area contributed by atoms with Gasteiger partial charge in [0.1, 0.15) is 0 Å². The number of anilines is 1. The normalized spacial score (nSPS) is 10.4. The Morgan fingerprint density at radius 1 is 1.42 bits per heavy atom. The van der Waals surface area contributed by atoms with Crippen molar-refractivity contribution in [2.24, 2.45) is 0 Å². The molecule has 0 saturated carbocycles. The highest BCUT2D eigenvalue weighted by Crippen LogP contribution is 2.21. The van der Waals surface area contributed by atoms with E-state index in [0.29, 0.717) is 29.4 Å². The van der Waals surface area contributed by atoms with E-state index in [1.54, 1.807) is 34.4 Å². The highest BCUT2D eigenvalue weighted by molar-refractivity contribution is 7.09. The van der Waals surface area contributed by atoms with Gasteiger partial charge in [0.2, 0.25) is 0 Å². The number of rotatable bonds is 4. The summed E-state index contributed by atoms with van der Waals surface area (Å²) in [7, 11) is 0. The van der Waals surface area contributed by atoms with Crippen LogP contribution in [0.5, 0.6) is 0 Å². The molecule has 19 heavy (non-hydrogen) atoms. The van der Waals surface area contributed by atoms with Gasteiger partial charge in [0, 0.05) is 17.0 Å². The number of benzene rings is 1. The molecule has 0 aliphatic carbocycles. The predicted molar refractivity (Wildman–Crippen MR) is 80.6 cm³/mol. The Kier molecular flexibility index (Phi) is 4.45. The van der Waals surface area contributed by atoms with Crippen LogP contribution in [-0.4, -0.2) is 17.4 Å². The monoisotopic (exact) mass is 294 g/mol. The Labute approximate surface area is 121 Å². The highest BCUT2D eigenvalue weighted by atomic mass is 35.5. The van der Waals surface area contributed by atoms with Gasteiger partial charge >= 0.3 is 0 Å². The van der Waals surface area contributed by atoms with Gasteiger partial charge in [-0.25, -0.2) is 0 Å². The number of hydrogen-bond donors (Lipinski definition) is 1. The van der Waals surface area contributed by atoms with Crippen molar-refractivity contribution < 1.29 is 4.79 Å². The molecule has 2 rings (SSSR count). The van der Waals surface area contributed by atoms with E-state index in [4.69, 9.17) is 17.3 Å². The SMILES string of the molecule is CCN(Cc1cccs1)C(=O)c1ccc(N)c(Cl)c1. The van der Waals surface area contributed by atoms with Crippen molar-refractivity contribution in [3.63, 3.8) is 0 Å². The van der Waals surface area contributed by atoms with Crippen molar-refractivity contribution in [1.29, 1.82) is 0 Å². The smallest absolute Gasteiger partial charge is 0.254 e. The second-order valence-corrected chi connectivity index (χ2v) is 5.57. The molecule has 0 fully saturated rings. The van der Waals surface area contributed by atoms with Gasteiger partial charge in [-0.15, -0.1) is 11.3 Å². The minimum Gasteiger partial charge on any atom is -0.398 e. The third kappa shape index (κ3) is 3.28. The van der Waals surface area contributed by atoms with Gasteiger partial charge in [-0.1, -0.05) is 17.7 Å². The topological polar surface area (TPSA) is 46.3 Å². The van der Waals surface area contributed by atoms with Crippen LogP contribution in [0.2, 0.25) is 5.02 Å². The molecule has 2 aromatic rings. The van der Waals surface area contributed by atoms with Crippen molar-refractivity contribution in [2.45, 2.75) is 13.5 Å². The standard InChI is InChI=1S/C14H15ClN2OS/c1-2-17(9-11-4-3-7-19-11)14(18)10-5-6-13(16)12(15)8-10/h3-8H,2,9,16H2,1H3. The molecule has 0 saturated heterocycles. The predicted octanol–water partition coefficient (Wildman–Crippen LogP) is 3.65. The summed E-state index contributed by atoms with van der Waals surface area (Å²) in [6.07, 6.45) is 0. The van der Waals surface area contributed by atoms with Crippen LogP contribution >= 0.6 is 22.9 Å². The quantitative estimate of drug-likeness (QED) is 0.875. The third-order valence-corrected chi connectivity index (χ3v) is 4.03. The lowest BCUT2D eigenvalue weighted by atomic mass is 10.1. The maximum absolute atomic E-state index is 12.4. The lowest BCUT2D eigenvalue weighted by molar-refractivity contribution is 0.0754. The van der Waals surface area contributed by atoms with Gasteiger partial charge in [0.05, 0.1) is 17.3 Å². The number of nitrogens with zero attached hydrogens (tertiary/aromatic N) is 1. The molecule has 100 valence electrons. The molecule has 1 aromatic heterocycles. The molecule has 5 heteroatoms. The van der Waals surface area contributed by atoms with E-state index in [2.05, 4.69) is 0 Å². The number of carbonyl (C=O) groups excluding carboxylic acids is 1. The summed E-state index contributed by atoms with van der Waals surface area (Å²) in [5.74, 6) is -0.0298. The van der Waals surface area contributed by atoms with Crippen LogP contribution in [0.1, 0.15) is 22.2 Å². The number of carbonyl (C=O) groups is 1. The first kappa shape index (κ1) is 13.9. The summed E-state index contributed by atoms with van der Waals surface area (Å²) in [6, 6.07) is 9.00. The van der Waals surface area contributed by atoms with Gasteiger partial charge in [0.25, 0.3) is 5.91 Å². The Hall–Kier alpha value is -1.52. The van der Waals surface area contributed by atoms with Crippen LogP contribution in [0.25, 0.3) is 0 Å². The first-order chi connectivity index (χ1) is 9.11. The zero-order valence-electron chi connectivity index (χ0n) is 10.6. The zero-order chi connectivity index (χ0) is 13.8. The zero-order valence-corrected chi connectivity index (χ0v) is 12.2. The molecule has 0 aliphatic rings. The average molecular weight is 295 g/mol. The van der Waals surface area contributed by atoms with E-state index >= 15 is 0 Å². The molecule has 0 spiro atoms. The van der Waals surface area contributed by atoms with E-state index < -0.39 is 0 Å². The highest BCUT2D eigenvalue weighted by Gasteiger charge is 2.15. The molecule has 1 amide bonds. The molecule has 2 N–H and O–H groups in total. The van der Waals surface area contributed by atoms with Crippen LogP contribution in [0, 0.1) is 0 Å². The number of hydrogen-bond acceptors (Lipinski definition) is 3. The van der Waals surface area contributed by atoms with Crippen LogP contribution < -0.4 is 5.73 Å². The number of nitrogens with two attached hydrogens (primary N) is 1. The Balaban J connectivity index is 2.18. The number of thiophene rings is 1. The summed E-state index contributed by atoms with van der Waals surface area (Å²) in [4.78, 5) is 15.3. The Morgan fingerprint density at radius 2 is 2.21 bits per heavy atom. The summed E-state index contributed by atoms with van der Waals surface area (Å²) in [5.41, 5.74) is 6.70. The van der Waals surface area contributed by atoms with Gasteiger partial charge in [-0.05, 0) is 36.6 Å². The number of amides is 1. The van der Waals surface area contributed by atoms with E-state index in [1.807, 2.05) is 24.4 Å². The maximum Gasteiger partial charge on any atom is 0.254 e. The van der Waals surface area contributed by atoms with Crippen molar-refractivity contribution in [1.82, 2.24) is 4.90 Å². The molecule has 3 nitrogen and oxygen atoms in total. The maximum atomic E-state index is 12.4. The molecule has 0 unspecified atom stereocenters. The van der Waals surface area contributed by atoms with Crippen molar-refractivity contribution in [3.8, 4) is 0 Å². The van der Waals surface area contributed by atoms with Crippen LogP contribution in [-0.2, 0) is 6.54 Å². The summed E-state index contributed by atoms with van der Waals surface area (Å²) >= 11 is 7.60. The first-order valence-electron chi connectivity index (χ1n) is 5.98. The molecule has 1 aromatic carbocycles. The minimum absolute atomic E-state index is 0.0298. The van der Waals surface area contributed by atoms with Crippen molar-refractivity contribution in [2.75, 3.05) is 12.3 Å². The molecular formula is C14H15ClN2OS. The van der Waals surface area contributed by atoms with E-state index in [0.717, 1.165) is 4.88 Å². The summed E-state index contributed by atoms with van der Waals surface area (Å²) in [6.45, 7) is 3.23. The van der Waals surface area contributed by atoms with Gasteiger partial charge in [0.15, 0.2) is 0 Å². The second kappa shape index (κ2) is 6.08. The lowest BCUT2D eigenvalue weighted by Crippen LogP contribution is -2.30. The van der Waals surface area contributed by atoms with Crippen molar-refractivity contribution >= 4 is 34.5 Å². The molecule has 0 radical (unpaired) electrons. The fraction of sp³-hybridized carbons (Fsp3) is 0.214. The van der Waals surface area contributed by atoms with Crippen molar-refractivity contribution in [3.05, 3.63) is 51.2 Å². The summed E-state index contributed by atoms with van der Waals surface area (Å²) in [5, 5.41) is 2.42.